The van der Waals surface area contributed by atoms with Crippen LogP contribution in [0.3, 0.4) is 0 Å². The molecule has 1 unspecified atom stereocenters. The van der Waals surface area contributed by atoms with Crippen molar-refractivity contribution in [3.8, 4) is 6.07 Å². The lowest BCUT2D eigenvalue weighted by Crippen LogP contribution is -2.27. The summed E-state index contributed by atoms with van der Waals surface area (Å²) in [6.07, 6.45) is 0. The predicted molar refractivity (Wildman–Crippen MR) is 103 cm³/mol. The summed E-state index contributed by atoms with van der Waals surface area (Å²) in [6.45, 7) is 1.99. The van der Waals surface area contributed by atoms with Crippen molar-refractivity contribution in [1.29, 1.82) is 5.26 Å². The van der Waals surface area contributed by atoms with E-state index in [0.717, 1.165) is 21.2 Å². The lowest BCUT2D eigenvalue weighted by Gasteiger charge is -2.17. The fraction of sp³-hybridized carbons (Fsp3) is 0.143. The van der Waals surface area contributed by atoms with E-state index >= 15 is 0 Å². The Hall–Kier alpha value is -2.77. The number of benzene rings is 3. The second-order valence-electron chi connectivity index (χ2n) is 5.71. The Balaban J connectivity index is 1.85. The van der Waals surface area contributed by atoms with Crippen LogP contribution in [0.4, 0.5) is 0 Å². The number of carbonyl (C=O) groups excluding carboxylic acids is 1. The molecule has 1 atom stereocenters. The number of rotatable bonds is 5. The topological polar surface area (TPSA) is 52.9 Å². The highest BCUT2D eigenvalue weighted by molar-refractivity contribution is 7.99. The number of thioether (sulfide) groups is 1. The third-order valence-electron chi connectivity index (χ3n) is 4.06. The van der Waals surface area contributed by atoms with Crippen LogP contribution in [0.2, 0.25) is 0 Å². The SMILES string of the molecule is CC(NC(=O)c1ccccc1SCC#N)c1cccc2ccccc12. The smallest absolute Gasteiger partial charge is 0.252 e. The standard InChI is InChI=1S/C21H18N2OS/c1-15(17-11-6-8-16-7-2-3-9-18(16)17)23-21(24)19-10-4-5-12-20(19)25-14-13-22/h2-12,15H,14H2,1H3,(H,23,24). The Morgan fingerprint density at radius 1 is 1.08 bits per heavy atom. The van der Waals surface area contributed by atoms with Crippen molar-refractivity contribution >= 4 is 28.4 Å². The van der Waals surface area contributed by atoms with Crippen LogP contribution in [0.1, 0.15) is 28.9 Å². The molecule has 25 heavy (non-hydrogen) atoms. The van der Waals surface area contributed by atoms with Crippen LogP contribution >= 0.6 is 11.8 Å². The second-order valence-corrected chi connectivity index (χ2v) is 6.72. The Kier molecular flexibility index (Phi) is 5.37. The number of hydrogen-bond acceptors (Lipinski definition) is 3. The largest absolute Gasteiger partial charge is 0.345 e. The molecule has 124 valence electrons. The van der Waals surface area contributed by atoms with Gasteiger partial charge in [0.15, 0.2) is 0 Å². The second kappa shape index (κ2) is 7.87. The maximum absolute atomic E-state index is 12.7. The van der Waals surface area contributed by atoms with Gasteiger partial charge in [0.05, 0.1) is 23.4 Å². The van der Waals surface area contributed by atoms with Crippen molar-refractivity contribution < 1.29 is 4.79 Å². The van der Waals surface area contributed by atoms with Gasteiger partial charge in [0.1, 0.15) is 0 Å². The van der Waals surface area contributed by atoms with E-state index in [1.807, 2.05) is 49.4 Å². The first-order valence-corrected chi connectivity index (χ1v) is 9.06. The summed E-state index contributed by atoms with van der Waals surface area (Å²) >= 11 is 1.38. The van der Waals surface area contributed by atoms with E-state index in [4.69, 9.17) is 5.26 Å². The molecule has 1 amide bonds. The average Bonchev–Trinajstić information content (AvgIpc) is 2.66. The van der Waals surface area contributed by atoms with Crippen LogP contribution < -0.4 is 5.32 Å². The molecule has 3 rings (SSSR count). The molecule has 3 aromatic rings. The van der Waals surface area contributed by atoms with Gasteiger partial charge >= 0.3 is 0 Å². The zero-order chi connectivity index (χ0) is 17.6. The van der Waals surface area contributed by atoms with Gasteiger partial charge in [-0.1, -0.05) is 54.6 Å². The summed E-state index contributed by atoms with van der Waals surface area (Å²) in [5.74, 6) is 0.199. The molecule has 0 saturated heterocycles. The molecular weight excluding hydrogens is 328 g/mol. The predicted octanol–water partition coefficient (Wildman–Crippen LogP) is 4.95. The van der Waals surface area contributed by atoms with Crippen molar-refractivity contribution in [1.82, 2.24) is 5.32 Å². The summed E-state index contributed by atoms with van der Waals surface area (Å²) in [7, 11) is 0. The minimum atomic E-state index is -0.124. The summed E-state index contributed by atoms with van der Waals surface area (Å²) in [5, 5.41) is 14.2. The van der Waals surface area contributed by atoms with Crippen LogP contribution in [-0.2, 0) is 0 Å². The quantitative estimate of drug-likeness (QED) is 0.665. The molecular formula is C21H18N2OS. The maximum Gasteiger partial charge on any atom is 0.252 e. The van der Waals surface area contributed by atoms with Gasteiger partial charge < -0.3 is 5.32 Å². The Labute approximate surface area is 151 Å². The first-order chi connectivity index (χ1) is 12.2. The highest BCUT2D eigenvalue weighted by Crippen LogP contribution is 2.26. The number of nitriles is 1. The molecule has 0 spiro atoms. The summed E-state index contributed by atoms with van der Waals surface area (Å²) < 4.78 is 0. The van der Waals surface area contributed by atoms with Crippen LogP contribution in [0.25, 0.3) is 10.8 Å². The van der Waals surface area contributed by atoms with Crippen LogP contribution in [0.15, 0.2) is 71.6 Å². The summed E-state index contributed by atoms with van der Waals surface area (Å²) in [5.41, 5.74) is 1.70. The Bertz CT molecular complexity index is 941. The molecule has 3 aromatic carbocycles. The van der Waals surface area contributed by atoms with E-state index in [1.54, 1.807) is 6.07 Å². The van der Waals surface area contributed by atoms with Gasteiger partial charge in [0.25, 0.3) is 5.91 Å². The van der Waals surface area contributed by atoms with E-state index in [0.29, 0.717) is 11.3 Å². The zero-order valence-corrected chi connectivity index (χ0v) is 14.7. The molecule has 0 saturated carbocycles. The number of hydrogen-bond donors (Lipinski definition) is 1. The van der Waals surface area contributed by atoms with Crippen molar-refractivity contribution in [2.24, 2.45) is 0 Å². The van der Waals surface area contributed by atoms with Gasteiger partial charge in [-0.3, -0.25) is 4.79 Å². The van der Waals surface area contributed by atoms with Crippen LogP contribution in [0.5, 0.6) is 0 Å². The molecule has 0 bridgehead atoms. The number of nitrogens with one attached hydrogen (secondary N) is 1. The van der Waals surface area contributed by atoms with E-state index in [1.165, 1.54) is 11.8 Å². The lowest BCUT2D eigenvalue weighted by molar-refractivity contribution is 0.0937. The molecule has 4 heteroatoms. The molecule has 0 aliphatic carbocycles. The van der Waals surface area contributed by atoms with E-state index in [-0.39, 0.29) is 11.9 Å². The Morgan fingerprint density at radius 3 is 2.64 bits per heavy atom. The molecule has 0 aliphatic rings. The van der Waals surface area contributed by atoms with Crippen molar-refractivity contribution in [3.63, 3.8) is 0 Å². The highest BCUT2D eigenvalue weighted by atomic mass is 32.2. The van der Waals surface area contributed by atoms with Gasteiger partial charge in [-0.2, -0.15) is 5.26 Å². The highest BCUT2D eigenvalue weighted by Gasteiger charge is 2.16. The van der Waals surface area contributed by atoms with Crippen LogP contribution in [0, 0.1) is 11.3 Å². The number of amides is 1. The van der Waals surface area contributed by atoms with E-state index < -0.39 is 0 Å². The molecule has 3 nitrogen and oxygen atoms in total. The molecule has 0 radical (unpaired) electrons. The summed E-state index contributed by atoms with van der Waals surface area (Å²) in [6, 6.07) is 23.7. The van der Waals surface area contributed by atoms with E-state index in [9.17, 15) is 4.79 Å². The van der Waals surface area contributed by atoms with Gasteiger partial charge in [0.2, 0.25) is 0 Å². The number of fused-ring (bicyclic) bond motifs is 1. The first-order valence-electron chi connectivity index (χ1n) is 8.08. The van der Waals surface area contributed by atoms with Gasteiger partial charge in [0, 0.05) is 4.90 Å². The lowest BCUT2D eigenvalue weighted by atomic mass is 9.99. The van der Waals surface area contributed by atoms with Gasteiger partial charge in [-0.25, -0.2) is 0 Å². The Morgan fingerprint density at radius 2 is 1.80 bits per heavy atom. The number of nitrogens with zero attached hydrogens (tertiary/aromatic N) is 1. The van der Waals surface area contributed by atoms with E-state index in [2.05, 4.69) is 29.6 Å². The van der Waals surface area contributed by atoms with Gasteiger partial charge in [-0.05, 0) is 35.4 Å². The first kappa shape index (κ1) is 17.1. The molecule has 0 aliphatic heterocycles. The third kappa shape index (κ3) is 3.84. The normalized spacial score (nSPS) is 11.7. The van der Waals surface area contributed by atoms with Crippen LogP contribution in [-0.4, -0.2) is 11.7 Å². The molecule has 0 heterocycles. The van der Waals surface area contributed by atoms with Crippen molar-refractivity contribution in [2.75, 3.05) is 5.75 Å². The monoisotopic (exact) mass is 346 g/mol. The fourth-order valence-corrected chi connectivity index (χ4v) is 3.58. The fourth-order valence-electron chi connectivity index (χ4n) is 2.87. The zero-order valence-electron chi connectivity index (χ0n) is 13.9. The number of carbonyl (C=O) groups is 1. The maximum atomic E-state index is 12.7. The molecule has 0 aromatic heterocycles. The minimum Gasteiger partial charge on any atom is -0.345 e. The minimum absolute atomic E-state index is 0.118. The van der Waals surface area contributed by atoms with Gasteiger partial charge in [-0.15, -0.1) is 11.8 Å². The molecule has 0 fully saturated rings. The third-order valence-corrected chi connectivity index (χ3v) is 5.00. The van der Waals surface area contributed by atoms with Crippen molar-refractivity contribution in [3.05, 3.63) is 77.9 Å². The van der Waals surface area contributed by atoms with Crippen molar-refractivity contribution in [2.45, 2.75) is 17.9 Å². The molecule has 1 N–H and O–H groups in total. The average molecular weight is 346 g/mol. The summed E-state index contributed by atoms with van der Waals surface area (Å²) in [4.78, 5) is 13.6.